The topological polar surface area (TPSA) is 61.8 Å². The van der Waals surface area contributed by atoms with Crippen LogP contribution in [-0.2, 0) is 9.53 Å². The molecule has 1 unspecified atom stereocenters. The molecule has 0 aliphatic rings. The Morgan fingerprint density at radius 2 is 1.30 bits per heavy atom. The van der Waals surface area contributed by atoms with Crippen molar-refractivity contribution in [3.63, 3.8) is 0 Å². The molecule has 0 saturated carbocycles. The molecule has 2 atom stereocenters. The third-order valence-corrected chi connectivity index (χ3v) is 7.21. The van der Waals surface area contributed by atoms with E-state index in [9.17, 15) is 9.59 Å². The molecular weight excluding hydrogens is 488 g/mol. The average Bonchev–Trinajstić information content (AvgIpc) is 2.90. The Labute approximate surface area is 227 Å². The van der Waals surface area contributed by atoms with Gasteiger partial charge in [-0.05, 0) is 60.6 Å². The lowest BCUT2D eigenvalue weighted by Crippen LogP contribution is -2.13. The molecule has 37 heavy (non-hydrogen) atoms. The Bertz CT molecular complexity index is 910. The Morgan fingerprint density at radius 1 is 0.757 bits per heavy atom. The summed E-state index contributed by atoms with van der Waals surface area (Å²) in [5.74, 6) is 1.15. The largest absolute Gasteiger partial charge is 0.513 e. The van der Waals surface area contributed by atoms with Crippen LogP contribution < -0.4 is 9.47 Å². The fourth-order valence-electron chi connectivity index (χ4n) is 3.94. The fraction of sp³-hybridized carbons (Fsp3) is 0.548. The van der Waals surface area contributed by atoms with Crippen molar-refractivity contribution in [1.82, 2.24) is 0 Å². The van der Waals surface area contributed by atoms with Crippen molar-refractivity contribution in [1.29, 1.82) is 0 Å². The molecule has 0 saturated heterocycles. The molecule has 0 bridgehead atoms. The van der Waals surface area contributed by atoms with Crippen molar-refractivity contribution in [2.45, 2.75) is 96.8 Å². The molecule has 2 rings (SSSR count). The highest BCUT2D eigenvalue weighted by Gasteiger charge is 2.14. The van der Waals surface area contributed by atoms with Crippen molar-refractivity contribution >= 4 is 23.7 Å². The van der Waals surface area contributed by atoms with Crippen LogP contribution in [0, 0.1) is 5.92 Å². The Hall–Kier alpha value is -2.53. The summed E-state index contributed by atoms with van der Waals surface area (Å²) in [6, 6.07) is 14.6. The first-order valence-corrected chi connectivity index (χ1v) is 14.3. The number of hydrogen-bond acceptors (Lipinski definition) is 5. The van der Waals surface area contributed by atoms with Crippen LogP contribution in [0.3, 0.4) is 0 Å². The third kappa shape index (κ3) is 12.5. The maximum absolute atomic E-state index is 12.1. The van der Waals surface area contributed by atoms with Crippen molar-refractivity contribution in [3.05, 3.63) is 48.5 Å². The Kier molecular flexibility index (Phi) is 14.8. The van der Waals surface area contributed by atoms with Crippen LogP contribution in [0.2, 0.25) is 0 Å². The lowest BCUT2D eigenvalue weighted by atomic mass is 10.0. The lowest BCUT2D eigenvalue weighted by molar-refractivity contribution is -0.134. The van der Waals surface area contributed by atoms with E-state index in [1.807, 2.05) is 24.3 Å². The molecule has 0 N–H and O–H groups in total. The van der Waals surface area contributed by atoms with E-state index < -0.39 is 6.16 Å². The van der Waals surface area contributed by atoms with Crippen molar-refractivity contribution in [2.75, 3.05) is 6.61 Å². The molecule has 2 aromatic rings. The molecule has 5 nitrogen and oxygen atoms in total. The Morgan fingerprint density at radius 3 is 1.86 bits per heavy atom. The zero-order valence-corrected chi connectivity index (χ0v) is 23.4. The zero-order chi connectivity index (χ0) is 26.9. The minimum Gasteiger partial charge on any atom is -0.434 e. The summed E-state index contributed by atoms with van der Waals surface area (Å²) in [7, 11) is 0. The van der Waals surface area contributed by atoms with Crippen LogP contribution in [0.4, 0.5) is 4.79 Å². The van der Waals surface area contributed by atoms with Gasteiger partial charge in [-0.15, -0.1) is 11.6 Å². The first-order chi connectivity index (χ1) is 17.9. The molecule has 0 spiro atoms. The first-order valence-electron chi connectivity index (χ1n) is 13.8. The second-order valence-electron chi connectivity index (χ2n) is 9.64. The van der Waals surface area contributed by atoms with E-state index in [1.54, 1.807) is 24.3 Å². The average molecular weight is 531 g/mol. The van der Waals surface area contributed by atoms with Gasteiger partial charge in [-0.25, -0.2) is 4.79 Å². The molecule has 2 aromatic carbocycles. The molecule has 0 fully saturated rings. The smallest absolute Gasteiger partial charge is 0.434 e. The summed E-state index contributed by atoms with van der Waals surface area (Å²) in [6.45, 7) is 6.84. The SMILES string of the molecule is CCCCCCCCCOC(=O)Oc1ccc(-c2ccc(OC(=O)CCC[C@H](Cl)C(C)CC)cc2)cc1. The van der Waals surface area contributed by atoms with Gasteiger partial charge in [0.1, 0.15) is 11.5 Å². The number of alkyl halides is 1. The summed E-state index contributed by atoms with van der Waals surface area (Å²) < 4.78 is 15.9. The van der Waals surface area contributed by atoms with Crippen LogP contribution in [0.1, 0.15) is 91.4 Å². The Balaban J connectivity index is 1.70. The maximum Gasteiger partial charge on any atom is 0.513 e. The second-order valence-corrected chi connectivity index (χ2v) is 10.2. The number of ether oxygens (including phenoxy) is 3. The lowest BCUT2D eigenvalue weighted by Gasteiger charge is -2.15. The van der Waals surface area contributed by atoms with Crippen LogP contribution >= 0.6 is 11.6 Å². The van der Waals surface area contributed by atoms with Gasteiger partial charge in [0.15, 0.2) is 0 Å². The molecule has 204 valence electrons. The molecule has 0 aromatic heterocycles. The van der Waals surface area contributed by atoms with E-state index in [4.69, 9.17) is 25.8 Å². The van der Waals surface area contributed by atoms with Crippen molar-refractivity contribution in [3.8, 4) is 22.6 Å². The van der Waals surface area contributed by atoms with Crippen molar-refractivity contribution in [2.24, 2.45) is 5.92 Å². The molecule has 0 radical (unpaired) electrons. The summed E-state index contributed by atoms with van der Waals surface area (Å²) >= 11 is 6.35. The van der Waals surface area contributed by atoms with Crippen LogP contribution in [-0.4, -0.2) is 24.1 Å². The number of carbonyl (C=O) groups is 2. The van der Waals surface area contributed by atoms with Crippen molar-refractivity contribution < 1.29 is 23.8 Å². The van der Waals surface area contributed by atoms with Gasteiger partial charge >= 0.3 is 12.1 Å². The summed E-state index contributed by atoms with van der Waals surface area (Å²) in [5.41, 5.74) is 1.92. The van der Waals surface area contributed by atoms with Gasteiger partial charge < -0.3 is 14.2 Å². The highest BCUT2D eigenvalue weighted by atomic mass is 35.5. The monoisotopic (exact) mass is 530 g/mol. The highest BCUT2D eigenvalue weighted by molar-refractivity contribution is 6.20. The van der Waals surface area contributed by atoms with Gasteiger partial charge in [-0.3, -0.25) is 4.79 Å². The summed E-state index contributed by atoms with van der Waals surface area (Å²) in [5, 5.41) is 0.0921. The zero-order valence-electron chi connectivity index (χ0n) is 22.7. The van der Waals surface area contributed by atoms with Crippen LogP contribution in [0.25, 0.3) is 11.1 Å². The minimum atomic E-state index is -0.675. The number of benzene rings is 2. The summed E-state index contributed by atoms with van der Waals surface area (Å²) in [4.78, 5) is 24.1. The van der Waals surface area contributed by atoms with E-state index >= 15 is 0 Å². The number of hydrogen-bond donors (Lipinski definition) is 0. The van der Waals surface area contributed by atoms with Gasteiger partial charge in [0, 0.05) is 11.8 Å². The number of unbranched alkanes of at least 4 members (excludes halogenated alkanes) is 6. The van der Waals surface area contributed by atoms with E-state index in [0.29, 0.717) is 30.4 Å². The van der Waals surface area contributed by atoms with Gasteiger partial charge in [0.05, 0.1) is 6.61 Å². The van der Waals surface area contributed by atoms with Gasteiger partial charge in [-0.1, -0.05) is 90.0 Å². The van der Waals surface area contributed by atoms with E-state index in [1.165, 1.54) is 32.1 Å². The molecule has 0 amide bonds. The van der Waals surface area contributed by atoms with E-state index in [-0.39, 0.29) is 11.3 Å². The third-order valence-electron chi connectivity index (χ3n) is 6.56. The molecule has 0 aliphatic heterocycles. The molecule has 0 aliphatic carbocycles. The molecule has 6 heteroatoms. The van der Waals surface area contributed by atoms with Gasteiger partial charge in [0.25, 0.3) is 0 Å². The van der Waals surface area contributed by atoms with E-state index in [2.05, 4.69) is 20.8 Å². The van der Waals surface area contributed by atoms with Crippen LogP contribution in [0.5, 0.6) is 11.5 Å². The summed E-state index contributed by atoms with van der Waals surface area (Å²) in [6.07, 6.45) is 10.4. The second kappa shape index (κ2) is 17.8. The predicted molar refractivity (Wildman–Crippen MR) is 150 cm³/mol. The normalized spacial score (nSPS) is 12.5. The fourth-order valence-corrected chi connectivity index (χ4v) is 4.27. The number of halogens is 1. The standard InChI is InChI=1S/C31H43ClO5/c1-4-6-7-8-9-10-11-23-35-31(34)37-28-21-17-26(18-22-28)25-15-19-27(20-16-25)36-30(33)14-12-13-29(32)24(3)5-2/h15-22,24,29H,4-14,23H2,1-3H3/t24?,29-/m0/s1. The predicted octanol–water partition coefficient (Wildman–Crippen LogP) is 9.35. The first kappa shape index (κ1) is 30.7. The van der Waals surface area contributed by atoms with Crippen LogP contribution in [0.15, 0.2) is 48.5 Å². The molecule has 0 heterocycles. The van der Waals surface area contributed by atoms with E-state index in [0.717, 1.165) is 43.2 Å². The number of carbonyl (C=O) groups excluding carboxylic acids is 2. The maximum atomic E-state index is 12.1. The minimum absolute atomic E-state index is 0.0921. The number of esters is 1. The number of rotatable bonds is 17. The van der Waals surface area contributed by atoms with Gasteiger partial charge in [-0.2, -0.15) is 0 Å². The quantitative estimate of drug-likeness (QED) is 0.0670. The molecular formula is C31H43ClO5. The highest BCUT2D eigenvalue weighted by Crippen LogP contribution is 2.25. The van der Waals surface area contributed by atoms with Gasteiger partial charge in [0.2, 0.25) is 0 Å².